The third-order valence-corrected chi connectivity index (χ3v) is 4.39. The molecule has 1 aliphatic heterocycles. The van der Waals surface area contributed by atoms with Gasteiger partial charge >= 0.3 is 0 Å². The summed E-state index contributed by atoms with van der Waals surface area (Å²) in [6, 6.07) is 4.72. The molecule has 0 spiro atoms. The molecule has 2 heterocycles. The molecule has 1 saturated carbocycles. The van der Waals surface area contributed by atoms with Crippen molar-refractivity contribution in [3.05, 3.63) is 23.9 Å². The Labute approximate surface area is 122 Å². The van der Waals surface area contributed by atoms with Gasteiger partial charge in [0.05, 0.1) is 6.34 Å². The van der Waals surface area contributed by atoms with Crippen LogP contribution in [-0.4, -0.2) is 35.9 Å². The molecule has 1 aromatic rings. The second-order valence-electron chi connectivity index (χ2n) is 5.85. The molecule has 1 aromatic heterocycles. The molecule has 0 bridgehead atoms. The van der Waals surface area contributed by atoms with E-state index in [-0.39, 0.29) is 0 Å². The van der Waals surface area contributed by atoms with E-state index in [9.17, 15) is 0 Å². The Morgan fingerprint density at radius 2 is 2.10 bits per heavy atom. The molecule has 2 atom stereocenters. The van der Waals surface area contributed by atoms with E-state index in [4.69, 9.17) is 5.73 Å². The lowest BCUT2D eigenvalue weighted by Gasteiger charge is -2.28. The first-order valence-electron chi connectivity index (χ1n) is 7.58. The van der Waals surface area contributed by atoms with Gasteiger partial charge in [-0.15, -0.1) is 0 Å². The molecular formula is C16H26N4. The molecule has 1 aliphatic carbocycles. The predicted octanol–water partition coefficient (Wildman–Crippen LogP) is 2.89. The number of fused-ring (bicyclic) bond motifs is 1. The molecule has 2 N–H and O–H groups in total. The van der Waals surface area contributed by atoms with Crippen molar-refractivity contribution in [1.82, 2.24) is 9.88 Å². The summed E-state index contributed by atoms with van der Waals surface area (Å²) in [6.45, 7) is 3.33. The highest BCUT2D eigenvalue weighted by Gasteiger charge is 2.32. The van der Waals surface area contributed by atoms with Crippen LogP contribution in [-0.2, 0) is 0 Å². The smallest absolute Gasteiger partial charge is 0.153 e. The average Bonchev–Trinajstić information content (AvgIpc) is 2.85. The van der Waals surface area contributed by atoms with Crippen LogP contribution >= 0.6 is 0 Å². The van der Waals surface area contributed by atoms with Crippen molar-refractivity contribution < 1.29 is 0 Å². The number of aryl methyl sites for hydroxylation is 1. The molecule has 3 rings (SSSR count). The summed E-state index contributed by atoms with van der Waals surface area (Å²) < 4.78 is 0. The van der Waals surface area contributed by atoms with Gasteiger partial charge in [0.15, 0.2) is 5.82 Å². The first-order valence-corrected chi connectivity index (χ1v) is 7.58. The molecule has 0 amide bonds. The summed E-state index contributed by atoms with van der Waals surface area (Å²) in [6.07, 6.45) is 10.4. The molecule has 0 radical (unpaired) electrons. The molecule has 2 aliphatic rings. The van der Waals surface area contributed by atoms with Crippen molar-refractivity contribution in [2.45, 2.75) is 45.1 Å². The number of rotatable bonds is 1. The highest BCUT2D eigenvalue weighted by Crippen LogP contribution is 2.34. The van der Waals surface area contributed by atoms with Gasteiger partial charge in [-0.05, 0) is 57.3 Å². The number of aliphatic imine (C=N–C) groups is 1. The van der Waals surface area contributed by atoms with Crippen LogP contribution in [0.25, 0.3) is 0 Å². The fourth-order valence-electron chi connectivity index (χ4n) is 3.25. The van der Waals surface area contributed by atoms with Crippen LogP contribution in [0.15, 0.2) is 23.3 Å². The van der Waals surface area contributed by atoms with E-state index in [2.05, 4.69) is 21.9 Å². The van der Waals surface area contributed by atoms with Gasteiger partial charge in [-0.2, -0.15) is 0 Å². The van der Waals surface area contributed by atoms with E-state index in [1.807, 2.05) is 19.1 Å². The Hall–Kier alpha value is -1.42. The van der Waals surface area contributed by atoms with Gasteiger partial charge in [-0.25, -0.2) is 9.98 Å². The number of aromatic nitrogens is 1. The van der Waals surface area contributed by atoms with E-state index in [0.29, 0.717) is 5.82 Å². The minimum atomic E-state index is 0.646. The van der Waals surface area contributed by atoms with Gasteiger partial charge in [0.2, 0.25) is 0 Å². The monoisotopic (exact) mass is 274 g/mol. The molecule has 20 heavy (non-hydrogen) atoms. The maximum atomic E-state index is 5.07. The van der Waals surface area contributed by atoms with Crippen LogP contribution < -0.4 is 5.73 Å². The maximum Gasteiger partial charge on any atom is 0.153 e. The highest BCUT2D eigenvalue weighted by molar-refractivity contribution is 5.56. The Morgan fingerprint density at radius 1 is 1.30 bits per heavy atom. The Bertz CT molecular complexity index is 425. The molecule has 110 valence electrons. The molecule has 0 aromatic carbocycles. The lowest BCUT2D eigenvalue weighted by molar-refractivity contribution is 0.215. The number of hydrogen-bond donors (Lipinski definition) is 1. The van der Waals surface area contributed by atoms with Crippen molar-refractivity contribution >= 4 is 12.2 Å². The number of likely N-dealkylation sites (tertiary alicyclic amines) is 1. The van der Waals surface area contributed by atoms with Gasteiger partial charge in [0, 0.05) is 12.2 Å². The number of pyridine rings is 1. The fraction of sp³-hybridized carbons (Fsp3) is 0.625. The van der Waals surface area contributed by atoms with Crippen molar-refractivity contribution in [3.63, 3.8) is 0 Å². The van der Waals surface area contributed by atoms with Gasteiger partial charge in [0.25, 0.3) is 0 Å². The second kappa shape index (κ2) is 7.39. The standard InChI is InChI=1S/C9H17N.C7H9N3/c1-10-7-6-8-4-2-3-5-9(8)10;1-6-2-3-7(9-4-6)10-5-8/h8-9H,2-7H2,1H3;2-5H,1H3,(H2,8,9,10). The molecule has 1 saturated heterocycles. The number of nitrogens with two attached hydrogens (primary N) is 1. The number of hydrogen-bond acceptors (Lipinski definition) is 3. The summed E-state index contributed by atoms with van der Waals surface area (Å²) in [4.78, 5) is 10.3. The third-order valence-electron chi connectivity index (χ3n) is 4.39. The van der Waals surface area contributed by atoms with Crippen LogP contribution in [0.3, 0.4) is 0 Å². The van der Waals surface area contributed by atoms with E-state index in [1.54, 1.807) is 6.20 Å². The SMILES string of the molecule is CN1CCC2CCCCC21.Cc1ccc(N=CN)nc1. The van der Waals surface area contributed by atoms with E-state index in [1.165, 1.54) is 45.0 Å². The first kappa shape index (κ1) is 15.0. The predicted molar refractivity (Wildman–Crippen MR) is 84.3 cm³/mol. The lowest BCUT2D eigenvalue weighted by atomic mass is 9.85. The fourth-order valence-corrected chi connectivity index (χ4v) is 3.25. The Morgan fingerprint density at radius 3 is 2.75 bits per heavy atom. The summed E-state index contributed by atoms with van der Waals surface area (Å²) in [5.41, 5.74) is 6.19. The Balaban J connectivity index is 0.000000147. The maximum absolute atomic E-state index is 5.07. The Kier molecular flexibility index (Phi) is 5.53. The molecule has 2 fully saturated rings. The average molecular weight is 274 g/mol. The van der Waals surface area contributed by atoms with Crippen molar-refractivity contribution in [2.24, 2.45) is 16.6 Å². The van der Waals surface area contributed by atoms with Crippen molar-refractivity contribution in [2.75, 3.05) is 13.6 Å². The topological polar surface area (TPSA) is 54.5 Å². The van der Waals surface area contributed by atoms with Crippen LogP contribution in [0.4, 0.5) is 5.82 Å². The van der Waals surface area contributed by atoms with Crippen LogP contribution in [0.2, 0.25) is 0 Å². The number of nitrogens with zero attached hydrogens (tertiary/aromatic N) is 3. The second-order valence-corrected chi connectivity index (χ2v) is 5.85. The molecule has 2 unspecified atom stereocenters. The van der Waals surface area contributed by atoms with Crippen LogP contribution in [0.5, 0.6) is 0 Å². The van der Waals surface area contributed by atoms with Gasteiger partial charge in [-0.1, -0.05) is 18.9 Å². The largest absolute Gasteiger partial charge is 0.390 e. The lowest BCUT2D eigenvalue weighted by Crippen LogP contribution is -2.31. The zero-order valence-corrected chi connectivity index (χ0v) is 12.6. The van der Waals surface area contributed by atoms with E-state index < -0.39 is 0 Å². The summed E-state index contributed by atoms with van der Waals surface area (Å²) in [5, 5.41) is 0. The summed E-state index contributed by atoms with van der Waals surface area (Å²) in [5.74, 6) is 1.71. The zero-order chi connectivity index (χ0) is 14.4. The van der Waals surface area contributed by atoms with E-state index >= 15 is 0 Å². The van der Waals surface area contributed by atoms with Crippen molar-refractivity contribution in [3.8, 4) is 0 Å². The summed E-state index contributed by atoms with van der Waals surface area (Å²) >= 11 is 0. The first-order chi connectivity index (χ1) is 9.70. The third kappa shape index (κ3) is 4.04. The van der Waals surface area contributed by atoms with Gasteiger partial charge in [-0.3, -0.25) is 0 Å². The highest BCUT2D eigenvalue weighted by atomic mass is 15.2. The normalized spacial score (nSPS) is 26.1. The van der Waals surface area contributed by atoms with Gasteiger partial charge < -0.3 is 10.6 Å². The van der Waals surface area contributed by atoms with Crippen LogP contribution in [0, 0.1) is 12.8 Å². The zero-order valence-electron chi connectivity index (χ0n) is 12.6. The minimum absolute atomic E-state index is 0.646. The molecule has 4 heteroatoms. The molecule has 4 nitrogen and oxygen atoms in total. The van der Waals surface area contributed by atoms with E-state index in [0.717, 1.165) is 17.5 Å². The van der Waals surface area contributed by atoms with Crippen LogP contribution in [0.1, 0.15) is 37.7 Å². The van der Waals surface area contributed by atoms with Crippen molar-refractivity contribution in [1.29, 1.82) is 0 Å². The molecular weight excluding hydrogens is 248 g/mol. The van der Waals surface area contributed by atoms with Gasteiger partial charge in [0.1, 0.15) is 0 Å². The minimum Gasteiger partial charge on any atom is -0.390 e. The quantitative estimate of drug-likeness (QED) is 0.633. The summed E-state index contributed by atoms with van der Waals surface area (Å²) in [7, 11) is 2.29.